The number of carboxylic acids is 1. The molecule has 2 rings (SSSR count). The van der Waals surface area contributed by atoms with Crippen molar-refractivity contribution in [2.45, 2.75) is 31.8 Å². The molecule has 1 heterocycles. The summed E-state index contributed by atoms with van der Waals surface area (Å²) in [7, 11) is 1.54. The maximum Gasteiger partial charge on any atom is 0.303 e. The fraction of sp³-hybridized carbons (Fsp3) is 0.529. The summed E-state index contributed by atoms with van der Waals surface area (Å²) in [5, 5.41) is 8.79. The summed E-state index contributed by atoms with van der Waals surface area (Å²) >= 11 is 0. The lowest BCUT2D eigenvalue weighted by atomic mass is 9.93. The Kier molecular flexibility index (Phi) is 5.95. The molecule has 1 saturated heterocycles. The Morgan fingerprint density at radius 1 is 1.36 bits per heavy atom. The summed E-state index contributed by atoms with van der Waals surface area (Å²) in [4.78, 5) is 25.2. The van der Waals surface area contributed by atoms with E-state index in [1.54, 1.807) is 7.11 Å². The fourth-order valence-corrected chi connectivity index (χ4v) is 3.00. The SMILES string of the molecule is CO[C@H](C(=O)N1CCC[C@@H](CCC(=O)O)C1)c1ccccc1. The van der Waals surface area contributed by atoms with Gasteiger partial charge in [-0.05, 0) is 30.7 Å². The quantitative estimate of drug-likeness (QED) is 0.877. The monoisotopic (exact) mass is 305 g/mol. The highest BCUT2D eigenvalue weighted by Crippen LogP contribution is 2.25. The summed E-state index contributed by atoms with van der Waals surface area (Å²) in [5.41, 5.74) is 0.850. The van der Waals surface area contributed by atoms with E-state index in [4.69, 9.17) is 9.84 Å². The summed E-state index contributed by atoms with van der Waals surface area (Å²) in [6, 6.07) is 9.46. The van der Waals surface area contributed by atoms with Crippen LogP contribution in [0.25, 0.3) is 0 Å². The highest BCUT2D eigenvalue weighted by molar-refractivity contribution is 5.82. The molecule has 0 radical (unpaired) electrons. The highest BCUT2D eigenvalue weighted by atomic mass is 16.5. The first-order chi connectivity index (χ1) is 10.6. The van der Waals surface area contributed by atoms with Crippen LogP contribution in [0.4, 0.5) is 0 Å². The van der Waals surface area contributed by atoms with Crippen LogP contribution in [-0.2, 0) is 14.3 Å². The van der Waals surface area contributed by atoms with Crippen molar-refractivity contribution in [1.82, 2.24) is 4.90 Å². The third kappa shape index (κ3) is 4.31. The molecule has 120 valence electrons. The minimum Gasteiger partial charge on any atom is -0.481 e. The average Bonchev–Trinajstić information content (AvgIpc) is 2.55. The Morgan fingerprint density at radius 2 is 2.09 bits per heavy atom. The van der Waals surface area contributed by atoms with E-state index >= 15 is 0 Å². The Labute approximate surface area is 130 Å². The topological polar surface area (TPSA) is 66.8 Å². The van der Waals surface area contributed by atoms with Crippen LogP contribution < -0.4 is 0 Å². The van der Waals surface area contributed by atoms with Gasteiger partial charge in [0.15, 0.2) is 6.10 Å². The predicted molar refractivity (Wildman–Crippen MR) is 82.4 cm³/mol. The molecule has 1 aliphatic rings. The number of nitrogens with zero attached hydrogens (tertiary/aromatic N) is 1. The second kappa shape index (κ2) is 7.94. The highest BCUT2D eigenvalue weighted by Gasteiger charge is 2.29. The molecule has 1 amide bonds. The molecule has 1 aliphatic heterocycles. The van der Waals surface area contributed by atoms with E-state index in [1.165, 1.54) is 0 Å². The molecule has 2 atom stereocenters. The van der Waals surface area contributed by atoms with E-state index in [0.717, 1.165) is 24.9 Å². The molecular formula is C17H23NO4. The van der Waals surface area contributed by atoms with Crippen molar-refractivity contribution in [1.29, 1.82) is 0 Å². The molecular weight excluding hydrogens is 282 g/mol. The first-order valence-electron chi connectivity index (χ1n) is 7.70. The average molecular weight is 305 g/mol. The predicted octanol–water partition coefficient (Wildman–Crippen LogP) is 2.48. The second-order valence-corrected chi connectivity index (χ2v) is 5.75. The van der Waals surface area contributed by atoms with Crippen molar-refractivity contribution in [2.24, 2.45) is 5.92 Å². The number of rotatable bonds is 6. The first kappa shape index (κ1) is 16.5. The van der Waals surface area contributed by atoms with Crippen molar-refractivity contribution in [3.63, 3.8) is 0 Å². The molecule has 5 nitrogen and oxygen atoms in total. The Morgan fingerprint density at radius 3 is 2.73 bits per heavy atom. The number of likely N-dealkylation sites (tertiary alicyclic amines) is 1. The van der Waals surface area contributed by atoms with E-state index in [-0.39, 0.29) is 18.2 Å². The number of hydrogen-bond acceptors (Lipinski definition) is 3. The third-order valence-electron chi connectivity index (χ3n) is 4.16. The molecule has 1 fully saturated rings. The van der Waals surface area contributed by atoms with Gasteiger partial charge in [0.25, 0.3) is 5.91 Å². The molecule has 1 aromatic rings. The Hall–Kier alpha value is -1.88. The van der Waals surface area contributed by atoms with E-state index < -0.39 is 12.1 Å². The lowest BCUT2D eigenvalue weighted by molar-refractivity contribution is -0.144. The van der Waals surface area contributed by atoms with Crippen LogP contribution in [-0.4, -0.2) is 42.1 Å². The molecule has 0 bridgehead atoms. The van der Waals surface area contributed by atoms with Gasteiger partial charge in [0.05, 0.1) is 0 Å². The van der Waals surface area contributed by atoms with Crippen LogP contribution in [0, 0.1) is 5.92 Å². The number of amides is 1. The molecule has 22 heavy (non-hydrogen) atoms. The van der Waals surface area contributed by atoms with Crippen molar-refractivity contribution < 1.29 is 19.4 Å². The van der Waals surface area contributed by atoms with Gasteiger partial charge < -0.3 is 14.7 Å². The smallest absolute Gasteiger partial charge is 0.303 e. The number of piperidine rings is 1. The van der Waals surface area contributed by atoms with Crippen LogP contribution in [0.1, 0.15) is 37.4 Å². The first-order valence-corrected chi connectivity index (χ1v) is 7.70. The van der Waals surface area contributed by atoms with E-state index in [0.29, 0.717) is 13.0 Å². The van der Waals surface area contributed by atoms with Gasteiger partial charge in [0.1, 0.15) is 0 Å². The van der Waals surface area contributed by atoms with Gasteiger partial charge in [-0.15, -0.1) is 0 Å². The van der Waals surface area contributed by atoms with Gasteiger partial charge in [-0.3, -0.25) is 9.59 Å². The zero-order chi connectivity index (χ0) is 15.9. The molecule has 0 saturated carbocycles. The second-order valence-electron chi connectivity index (χ2n) is 5.75. The summed E-state index contributed by atoms with van der Waals surface area (Å²) < 4.78 is 5.40. The minimum atomic E-state index is -0.775. The number of carbonyl (C=O) groups excluding carboxylic acids is 1. The molecule has 5 heteroatoms. The van der Waals surface area contributed by atoms with Gasteiger partial charge >= 0.3 is 5.97 Å². The number of hydrogen-bond donors (Lipinski definition) is 1. The minimum absolute atomic E-state index is 0.0336. The summed E-state index contributed by atoms with van der Waals surface area (Å²) in [5.74, 6) is -0.543. The van der Waals surface area contributed by atoms with Gasteiger partial charge in [0.2, 0.25) is 0 Å². The van der Waals surface area contributed by atoms with Crippen LogP contribution in [0.3, 0.4) is 0 Å². The fourth-order valence-electron chi connectivity index (χ4n) is 3.00. The molecule has 0 spiro atoms. The van der Waals surface area contributed by atoms with Gasteiger partial charge in [-0.1, -0.05) is 30.3 Å². The van der Waals surface area contributed by atoms with Crippen LogP contribution in [0.2, 0.25) is 0 Å². The van der Waals surface area contributed by atoms with E-state index in [1.807, 2.05) is 35.2 Å². The van der Waals surface area contributed by atoms with Crippen molar-refractivity contribution in [3.05, 3.63) is 35.9 Å². The van der Waals surface area contributed by atoms with Gasteiger partial charge in [-0.2, -0.15) is 0 Å². The third-order valence-corrected chi connectivity index (χ3v) is 4.16. The van der Waals surface area contributed by atoms with Crippen molar-refractivity contribution in [2.75, 3.05) is 20.2 Å². The standard InChI is InChI=1S/C17H23NO4/c1-22-16(14-7-3-2-4-8-14)17(21)18-11-5-6-13(12-18)9-10-15(19)20/h2-4,7-8,13,16H,5-6,9-12H2,1H3,(H,19,20)/t13-,16-/m0/s1. The maximum atomic E-state index is 12.7. The van der Waals surface area contributed by atoms with Crippen LogP contribution in [0.15, 0.2) is 30.3 Å². The van der Waals surface area contributed by atoms with Crippen molar-refractivity contribution in [3.8, 4) is 0 Å². The number of carboxylic acid groups (broad SMARTS) is 1. The largest absolute Gasteiger partial charge is 0.481 e. The van der Waals surface area contributed by atoms with Gasteiger partial charge in [-0.25, -0.2) is 0 Å². The molecule has 0 unspecified atom stereocenters. The number of aliphatic carboxylic acids is 1. The number of methoxy groups -OCH3 is 1. The number of benzene rings is 1. The molecule has 0 aliphatic carbocycles. The zero-order valence-corrected chi connectivity index (χ0v) is 12.9. The Bertz CT molecular complexity index is 503. The molecule has 1 aromatic carbocycles. The summed E-state index contributed by atoms with van der Waals surface area (Å²) in [6.07, 6.45) is 2.11. The zero-order valence-electron chi connectivity index (χ0n) is 12.9. The number of carbonyl (C=O) groups is 2. The summed E-state index contributed by atoms with van der Waals surface area (Å²) in [6.45, 7) is 1.34. The maximum absolute atomic E-state index is 12.7. The van der Waals surface area contributed by atoms with Crippen LogP contribution >= 0.6 is 0 Å². The van der Waals surface area contributed by atoms with Crippen LogP contribution in [0.5, 0.6) is 0 Å². The molecule has 1 N–H and O–H groups in total. The Balaban J connectivity index is 1.99. The lowest BCUT2D eigenvalue weighted by Crippen LogP contribution is -2.42. The lowest BCUT2D eigenvalue weighted by Gasteiger charge is -2.34. The number of ether oxygens (including phenoxy) is 1. The normalized spacial score (nSPS) is 19.7. The van der Waals surface area contributed by atoms with E-state index in [9.17, 15) is 9.59 Å². The molecule has 0 aromatic heterocycles. The van der Waals surface area contributed by atoms with E-state index in [2.05, 4.69) is 0 Å². The van der Waals surface area contributed by atoms with Gasteiger partial charge in [0, 0.05) is 26.6 Å². The van der Waals surface area contributed by atoms with Crippen molar-refractivity contribution >= 4 is 11.9 Å².